The number of benzene rings is 1. The topological polar surface area (TPSA) is 46.5 Å². The van der Waals surface area contributed by atoms with Gasteiger partial charge in [-0.3, -0.25) is 0 Å². The van der Waals surface area contributed by atoms with Crippen LogP contribution in [0.1, 0.15) is 56.9 Å². The molecule has 20 heavy (non-hydrogen) atoms. The maximum atomic E-state index is 10.1. The van der Waals surface area contributed by atoms with E-state index in [1.807, 2.05) is 0 Å². The van der Waals surface area contributed by atoms with Gasteiger partial charge in [0.2, 0.25) is 0 Å². The van der Waals surface area contributed by atoms with E-state index in [2.05, 4.69) is 35.1 Å². The molecular weight excluding hydrogens is 252 g/mol. The number of ether oxygens (including phenoxy) is 1. The van der Waals surface area contributed by atoms with Crippen molar-refractivity contribution in [2.75, 3.05) is 6.61 Å². The molecule has 0 saturated heterocycles. The molecule has 0 atom stereocenters. The van der Waals surface area contributed by atoms with Gasteiger partial charge >= 0.3 is 6.16 Å². The second-order valence-electron chi connectivity index (χ2n) is 5.18. The highest BCUT2D eigenvalue weighted by Gasteiger charge is 1.96. The molecule has 0 heterocycles. The molecule has 1 N–H and O–H groups in total. The predicted molar refractivity (Wildman–Crippen MR) is 81.1 cm³/mol. The molecule has 0 radical (unpaired) electrons. The number of carboxylic acid groups (broad SMARTS) is 1. The van der Waals surface area contributed by atoms with Crippen LogP contribution in [0.3, 0.4) is 0 Å². The highest BCUT2D eigenvalue weighted by atomic mass is 16.7. The van der Waals surface area contributed by atoms with Gasteiger partial charge in [-0.05, 0) is 24.8 Å². The number of unbranched alkanes of at least 4 members (excludes halogenated alkanes) is 7. The van der Waals surface area contributed by atoms with Gasteiger partial charge in [-0.25, -0.2) is 4.79 Å². The number of carbonyl (C=O) groups is 1. The van der Waals surface area contributed by atoms with E-state index >= 15 is 0 Å². The van der Waals surface area contributed by atoms with Crippen LogP contribution < -0.4 is 0 Å². The van der Waals surface area contributed by atoms with Crippen LogP contribution in [0.5, 0.6) is 0 Å². The number of aryl methyl sites for hydroxylation is 1. The van der Waals surface area contributed by atoms with E-state index in [4.69, 9.17) is 5.11 Å². The third-order valence-electron chi connectivity index (χ3n) is 3.43. The van der Waals surface area contributed by atoms with Crippen LogP contribution in [0.25, 0.3) is 0 Å². The van der Waals surface area contributed by atoms with Crippen LogP contribution >= 0.6 is 0 Å². The van der Waals surface area contributed by atoms with Crippen LogP contribution in [0, 0.1) is 0 Å². The Hall–Kier alpha value is -1.51. The van der Waals surface area contributed by atoms with E-state index in [9.17, 15) is 4.79 Å². The normalized spacial score (nSPS) is 10.4. The molecule has 0 fully saturated rings. The highest BCUT2D eigenvalue weighted by molar-refractivity contribution is 5.56. The summed E-state index contributed by atoms with van der Waals surface area (Å²) in [5, 5.41) is 8.30. The Bertz CT molecular complexity index is 349. The van der Waals surface area contributed by atoms with Crippen molar-refractivity contribution in [2.45, 2.75) is 57.8 Å². The number of hydrogen-bond acceptors (Lipinski definition) is 2. The third-order valence-corrected chi connectivity index (χ3v) is 3.43. The molecule has 0 spiro atoms. The molecule has 1 rings (SSSR count). The van der Waals surface area contributed by atoms with E-state index in [0.717, 1.165) is 12.8 Å². The summed E-state index contributed by atoms with van der Waals surface area (Å²) in [6.07, 6.45) is 9.54. The van der Waals surface area contributed by atoms with Crippen molar-refractivity contribution in [3.8, 4) is 0 Å². The Labute approximate surface area is 122 Å². The largest absolute Gasteiger partial charge is 0.505 e. The third kappa shape index (κ3) is 9.42. The van der Waals surface area contributed by atoms with Crippen molar-refractivity contribution in [3.63, 3.8) is 0 Å². The summed E-state index contributed by atoms with van der Waals surface area (Å²) in [5.41, 5.74) is 1.44. The molecule has 0 aliphatic rings. The fourth-order valence-corrected chi connectivity index (χ4v) is 2.30. The predicted octanol–water partition coefficient (Wildman–Crippen LogP) is 5.04. The van der Waals surface area contributed by atoms with E-state index in [1.54, 1.807) is 0 Å². The summed E-state index contributed by atoms with van der Waals surface area (Å²) in [7, 11) is 0. The maximum absolute atomic E-state index is 10.1. The molecule has 3 nitrogen and oxygen atoms in total. The van der Waals surface area contributed by atoms with Gasteiger partial charge in [-0.2, -0.15) is 0 Å². The second-order valence-corrected chi connectivity index (χ2v) is 5.18. The van der Waals surface area contributed by atoms with Crippen LogP contribution in [0.4, 0.5) is 4.79 Å². The van der Waals surface area contributed by atoms with Gasteiger partial charge in [0.25, 0.3) is 0 Å². The van der Waals surface area contributed by atoms with E-state index in [0.29, 0.717) is 6.61 Å². The van der Waals surface area contributed by atoms with Crippen molar-refractivity contribution in [1.29, 1.82) is 0 Å². The van der Waals surface area contributed by atoms with Crippen LogP contribution in [-0.2, 0) is 11.2 Å². The molecule has 0 aliphatic carbocycles. The quantitative estimate of drug-likeness (QED) is 0.455. The molecule has 0 saturated carbocycles. The minimum Gasteiger partial charge on any atom is -0.450 e. The molecule has 112 valence electrons. The SMILES string of the molecule is O=C(O)OCCCCCCCCCCc1ccccc1. The zero-order valence-electron chi connectivity index (χ0n) is 12.2. The Balaban J connectivity index is 1.80. The standard InChI is InChI=1S/C17H26O3/c18-17(19)20-15-11-6-4-2-1-3-5-8-12-16-13-9-7-10-14-16/h7,9-10,13-14H,1-6,8,11-12,15H2,(H,18,19). The highest BCUT2D eigenvalue weighted by Crippen LogP contribution is 2.11. The van der Waals surface area contributed by atoms with Gasteiger partial charge < -0.3 is 9.84 Å². The van der Waals surface area contributed by atoms with Crippen molar-refractivity contribution >= 4 is 6.16 Å². The van der Waals surface area contributed by atoms with Crippen LogP contribution in [-0.4, -0.2) is 17.9 Å². The molecule has 0 aromatic heterocycles. The van der Waals surface area contributed by atoms with Gasteiger partial charge in [-0.1, -0.05) is 68.9 Å². The lowest BCUT2D eigenvalue weighted by molar-refractivity contribution is 0.0899. The van der Waals surface area contributed by atoms with Crippen molar-refractivity contribution < 1.29 is 14.6 Å². The fourth-order valence-electron chi connectivity index (χ4n) is 2.30. The molecule has 1 aromatic carbocycles. The fraction of sp³-hybridized carbons (Fsp3) is 0.588. The minimum absolute atomic E-state index is 0.340. The first-order chi connectivity index (χ1) is 9.79. The average molecular weight is 278 g/mol. The van der Waals surface area contributed by atoms with Crippen LogP contribution in [0.15, 0.2) is 30.3 Å². The summed E-state index contributed by atoms with van der Waals surface area (Å²) in [5.74, 6) is 0. The first kappa shape index (κ1) is 16.5. The summed E-state index contributed by atoms with van der Waals surface area (Å²) in [6, 6.07) is 10.6. The number of rotatable bonds is 11. The van der Waals surface area contributed by atoms with Crippen molar-refractivity contribution in [2.24, 2.45) is 0 Å². The molecular formula is C17H26O3. The lowest BCUT2D eigenvalue weighted by atomic mass is 10.0. The van der Waals surface area contributed by atoms with Crippen molar-refractivity contribution in [3.05, 3.63) is 35.9 Å². The van der Waals surface area contributed by atoms with Gasteiger partial charge in [0.1, 0.15) is 0 Å². The van der Waals surface area contributed by atoms with Gasteiger partial charge in [0, 0.05) is 0 Å². The minimum atomic E-state index is -1.16. The Morgan fingerprint density at radius 2 is 1.40 bits per heavy atom. The smallest absolute Gasteiger partial charge is 0.450 e. The first-order valence-corrected chi connectivity index (χ1v) is 7.68. The summed E-state index contributed by atoms with van der Waals surface area (Å²) in [4.78, 5) is 10.1. The summed E-state index contributed by atoms with van der Waals surface area (Å²) in [6.45, 7) is 0.340. The van der Waals surface area contributed by atoms with E-state index < -0.39 is 6.16 Å². The molecule has 0 amide bonds. The van der Waals surface area contributed by atoms with Crippen molar-refractivity contribution in [1.82, 2.24) is 0 Å². The molecule has 3 heteroatoms. The second kappa shape index (κ2) is 11.3. The van der Waals surface area contributed by atoms with E-state index in [-0.39, 0.29) is 0 Å². The van der Waals surface area contributed by atoms with Crippen LogP contribution in [0.2, 0.25) is 0 Å². The average Bonchev–Trinajstić information content (AvgIpc) is 2.45. The maximum Gasteiger partial charge on any atom is 0.505 e. The lowest BCUT2D eigenvalue weighted by Gasteiger charge is -2.03. The number of hydrogen-bond donors (Lipinski definition) is 1. The zero-order chi connectivity index (χ0) is 14.5. The van der Waals surface area contributed by atoms with Gasteiger partial charge in [0.15, 0.2) is 0 Å². The Morgan fingerprint density at radius 3 is 2.00 bits per heavy atom. The monoisotopic (exact) mass is 278 g/mol. The van der Waals surface area contributed by atoms with Gasteiger partial charge in [-0.15, -0.1) is 0 Å². The Kier molecular flexibility index (Phi) is 9.37. The summed E-state index contributed by atoms with van der Waals surface area (Å²) < 4.78 is 4.46. The molecule has 0 unspecified atom stereocenters. The summed E-state index contributed by atoms with van der Waals surface area (Å²) >= 11 is 0. The molecule has 0 aliphatic heterocycles. The molecule has 0 bridgehead atoms. The zero-order valence-corrected chi connectivity index (χ0v) is 12.2. The molecule has 1 aromatic rings. The van der Waals surface area contributed by atoms with E-state index in [1.165, 1.54) is 50.5 Å². The lowest BCUT2D eigenvalue weighted by Crippen LogP contribution is -2.01. The van der Waals surface area contributed by atoms with Gasteiger partial charge in [0.05, 0.1) is 6.61 Å². The Morgan fingerprint density at radius 1 is 0.850 bits per heavy atom. The first-order valence-electron chi connectivity index (χ1n) is 7.68.